The van der Waals surface area contributed by atoms with Crippen LogP contribution in [0.3, 0.4) is 0 Å². The molecular weight excluding hydrogens is 266 g/mol. The van der Waals surface area contributed by atoms with Crippen LogP contribution in [0, 0.1) is 5.41 Å². The lowest BCUT2D eigenvalue weighted by molar-refractivity contribution is 0.0935. The van der Waals surface area contributed by atoms with Gasteiger partial charge in [-0.15, -0.1) is 0 Å². The van der Waals surface area contributed by atoms with Gasteiger partial charge in [-0.25, -0.2) is 8.42 Å². The standard InChI is InChI=1S/C13H17NO4S/c1-19(17,18)11-4-2-10(3-5-11)12(16)14-8-13(9-15)6-7-13/h2-5,15H,6-9H2,1H3,(H,14,16). The average Bonchev–Trinajstić information content (AvgIpc) is 3.16. The van der Waals surface area contributed by atoms with Gasteiger partial charge in [-0.3, -0.25) is 4.79 Å². The minimum absolute atomic E-state index is 0.0836. The Balaban J connectivity index is 2.00. The summed E-state index contributed by atoms with van der Waals surface area (Å²) in [6.45, 7) is 0.538. The van der Waals surface area contributed by atoms with Crippen LogP contribution in [0.2, 0.25) is 0 Å². The molecule has 1 aliphatic carbocycles. The molecule has 0 bridgehead atoms. The van der Waals surface area contributed by atoms with E-state index < -0.39 is 9.84 Å². The summed E-state index contributed by atoms with van der Waals surface area (Å²) < 4.78 is 22.6. The fraction of sp³-hybridized carbons (Fsp3) is 0.462. The fourth-order valence-electron chi connectivity index (χ4n) is 1.79. The van der Waals surface area contributed by atoms with Crippen molar-refractivity contribution >= 4 is 15.7 Å². The van der Waals surface area contributed by atoms with Gasteiger partial charge in [0.2, 0.25) is 0 Å². The van der Waals surface area contributed by atoms with E-state index in [1.807, 2.05) is 0 Å². The first kappa shape index (κ1) is 14.0. The molecule has 1 aromatic rings. The van der Waals surface area contributed by atoms with Crippen molar-refractivity contribution in [3.05, 3.63) is 29.8 Å². The number of rotatable bonds is 5. The van der Waals surface area contributed by atoms with Crippen molar-refractivity contribution in [2.75, 3.05) is 19.4 Å². The monoisotopic (exact) mass is 283 g/mol. The van der Waals surface area contributed by atoms with Gasteiger partial charge >= 0.3 is 0 Å². The average molecular weight is 283 g/mol. The van der Waals surface area contributed by atoms with Crippen molar-refractivity contribution in [3.63, 3.8) is 0 Å². The summed E-state index contributed by atoms with van der Waals surface area (Å²) in [6.07, 6.45) is 2.98. The van der Waals surface area contributed by atoms with Gasteiger partial charge in [-0.05, 0) is 37.1 Å². The van der Waals surface area contributed by atoms with E-state index in [-0.39, 0.29) is 22.8 Å². The molecule has 19 heavy (non-hydrogen) atoms. The Bertz CT molecular complexity index is 573. The van der Waals surface area contributed by atoms with Crippen molar-refractivity contribution in [1.82, 2.24) is 5.32 Å². The highest BCUT2D eigenvalue weighted by molar-refractivity contribution is 7.90. The molecule has 1 saturated carbocycles. The zero-order chi connectivity index (χ0) is 14.1. The molecule has 0 aliphatic heterocycles. The molecule has 1 aromatic carbocycles. The highest BCUT2D eigenvalue weighted by Gasteiger charge is 2.42. The van der Waals surface area contributed by atoms with Crippen molar-refractivity contribution in [2.45, 2.75) is 17.7 Å². The molecule has 0 spiro atoms. The van der Waals surface area contributed by atoms with Gasteiger partial charge in [0.1, 0.15) is 0 Å². The predicted molar refractivity (Wildman–Crippen MR) is 70.6 cm³/mol. The largest absolute Gasteiger partial charge is 0.396 e. The summed E-state index contributed by atoms with van der Waals surface area (Å²) >= 11 is 0. The highest BCUT2D eigenvalue weighted by atomic mass is 32.2. The van der Waals surface area contributed by atoms with Crippen LogP contribution in [-0.2, 0) is 9.84 Å². The number of benzene rings is 1. The summed E-state index contributed by atoms with van der Waals surface area (Å²) in [5.74, 6) is -0.250. The van der Waals surface area contributed by atoms with Crippen LogP contribution < -0.4 is 5.32 Å². The van der Waals surface area contributed by atoms with E-state index in [0.29, 0.717) is 12.1 Å². The van der Waals surface area contributed by atoms with Crippen LogP contribution in [0.5, 0.6) is 0 Å². The maximum Gasteiger partial charge on any atom is 0.251 e. The number of hydrogen-bond donors (Lipinski definition) is 2. The Morgan fingerprint density at radius 3 is 2.32 bits per heavy atom. The van der Waals surface area contributed by atoms with E-state index in [2.05, 4.69) is 5.32 Å². The summed E-state index contributed by atoms with van der Waals surface area (Å²) in [5, 5.41) is 11.9. The number of nitrogens with one attached hydrogen (secondary N) is 1. The second kappa shape index (κ2) is 4.94. The fourth-order valence-corrected chi connectivity index (χ4v) is 2.42. The Morgan fingerprint density at radius 1 is 1.32 bits per heavy atom. The van der Waals surface area contributed by atoms with Crippen LogP contribution in [0.1, 0.15) is 23.2 Å². The molecule has 104 valence electrons. The summed E-state index contributed by atoms with van der Waals surface area (Å²) in [7, 11) is -3.24. The number of aliphatic hydroxyl groups is 1. The quantitative estimate of drug-likeness (QED) is 0.828. The van der Waals surface area contributed by atoms with Crippen LogP contribution in [-0.4, -0.2) is 38.8 Å². The van der Waals surface area contributed by atoms with Gasteiger partial charge in [0.25, 0.3) is 5.91 Å². The summed E-state index contributed by atoms with van der Waals surface area (Å²) in [5.41, 5.74) is 0.281. The Hall–Kier alpha value is -1.40. The first-order chi connectivity index (χ1) is 8.86. The van der Waals surface area contributed by atoms with Gasteiger partial charge in [0.05, 0.1) is 11.5 Å². The third-order valence-corrected chi connectivity index (χ3v) is 4.59. The zero-order valence-electron chi connectivity index (χ0n) is 10.7. The molecule has 0 aromatic heterocycles. The maximum atomic E-state index is 11.9. The van der Waals surface area contributed by atoms with Crippen molar-refractivity contribution in [1.29, 1.82) is 0 Å². The van der Waals surface area contributed by atoms with Gasteiger partial charge in [0.15, 0.2) is 9.84 Å². The molecule has 0 heterocycles. The molecule has 0 unspecified atom stereocenters. The molecule has 1 aliphatic rings. The van der Waals surface area contributed by atoms with Gasteiger partial charge in [0, 0.05) is 23.8 Å². The van der Waals surface area contributed by atoms with E-state index >= 15 is 0 Å². The predicted octanol–water partition coefficient (Wildman–Crippen LogP) is 0.592. The van der Waals surface area contributed by atoms with E-state index in [1.165, 1.54) is 24.3 Å². The van der Waals surface area contributed by atoms with Crippen molar-refractivity contribution < 1.29 is 18.3 Å². The van der Waals surface area contributed by atoms with Gasteiger partial charge in [-0.1, -0.05) is 0 Å². The third kappa shape index (κ3) is 3.33. The second-order valence-electron chi connectivity index (χ2n) is 5.14. The molecule has 0 atom stereocenters. The molecule has 0 radical (unpaired) electrons. The molecule has 1 amide bonds. The van der Waals surface area contributed by atoms with Crippen LogP contribution >= 0.6 is 0 Å². The molecule has 0 saturated heterocycles. The number of carbonyl (C=O) groups excluding carboxylic acids is 1. The first-order valence-electron chi connectivity index (χ1n) is 6.06. The van der Waals surface area contributed by atoms with Crippen molar-refractivity contribution in [2.24, 2.45) is 5.41 Å². The summed E-state index contributed by atoms with van der Waals surface area (Å²) in [6, 6.07) is 5.82. The first-order valence-corrected chi connectivity index (χ1v) is 7.95. The highest BCUT2D eigenvalue weighted by Crippen LogP contribution is 2.44. The third-order valence-electron chi connectivity index (χ3n) is 3.46. The Labute approximate surface area is 112 Å². The van der Waals surface area contributed by atoms with E-state index in [4.69, 9.17) is 5.11 Å². The Morgan fingerprint density at radius 2 is 1.89 bits per heavy atom. The molecular formula is C13H17NO4S. The minimum Gasteiger partial charge on any atom is -0.396 e. The van der Waals surface area contributed by atoms with E-state index in [1.54, 1.807) is 0 Å². The lowest BCUT2D eigenvalue weighted by Crippen LogP contribution is -2.31. The summed E-state index contributed by atoms with van der Waals surface area (Å²) in [4.78, 5) is 12.0. The lowest BCUT2D eigenvalue weighted by Gasteiger charge is -2.12. The smallest absolute Gasteiger partial charge is 0.251 e. The second-order valence-corrected chi connectivity index (χ2v) is 7.15. The normalized spacial score (nSPS) is 16.9. The SMILES string of the molecule is CS(=O)(=O)c1ccc(C(=O)NCC2(CO)CC2)cc1. The van der Waals surface area contributed by atoms with Gasteiger partial charge in [-0.2, -0.15) is 0 Å². The maximum absolute atomic E-state index is 11.9. The molecule has 1 fully saturated rings. The number of hydrogen-bond acceptors (Lipinski definition) is 4. The van der Waals surface area contributed by atoms with E-state index in [9.17, 15) is 13.2 Å². The molecule has 6 heteroatoms. The van der Waals surface area contributed by atoms with Crippen LogP contribution in [0.25, 0.3) is 0 Å². The topological polar surface area (TPSA) is 83.5 Å². The molecule has 5 nitrogen and oxygen atoms in total. The van der Waals surface area contributed by atoms with E-state index in [0.717, 1.165) is 19.1 Å². The van der Waals surface area contributed by atoms with Crippen LogP contribution in [0.15, 0.2) is 29.2 Å². The van der Waals surface area contributed by atoms with Crippen molar-refractivity contribution in [3.8, 4) is 0 Å². The zero-order valence-corrected chi connectivity index (χ0v) is 11.5. The molecule has 2 rings (SSSR count). The number of amides is 1. The lowest BCUT2D eigenvalue weighted by atomic mass is 10.1. The van der Waals surface area contributed by atoms with Gasteiger partial charge < -0.3 is 10.4 Å². The van der Waals surface area contributed by atoms with Crippen LogP contribution in [0.4, 0.5) is 0 Å². The number of sulfone groups is 1. The molecule has 2 N–H and O–H groups in total. The minimum atomic E-state index is -3.24. The Kier molecular flexibility index (Phi) is 3.64. The number of aliphatic hydroxyl groups excluding tert-OH is 1. The number of carbonyl (C=O) groups is 1.